The fourth-order valence-electron chi connectivity index (χ4n) is 2.60. The van der Waals surface area contributed by atoms with Crippen molar-refractivity contribution in [3.8, 4) is 23.8 Å². The summed E-state index contributed by atoms with van der Waals surface area (Å²) in [5.41, 5.74) is -2.85. The number of terminal acetylenes is 1. The molecule has 5 heteroatoms. The third kappa shape index (κ3) is 4.14. The zero-order valence-corrected chi connectivity index (χ0v) is 15.2. The minimum Gasteiger partial charge on any atom is -0.491 e. The van der Waals surface area contributed by atoms with Gasteiger partial charge in [-0.15, -0.1) is 6.42 Å². The standard InChI is InChI=1S/C21H22F2O3/c1-6-21(24,20-18(22)8-7-9-19(20)23)15-10-16(25-13(2)3)12-17(11-15)26-14(4)5/h1,7-14,24H,2-5H3. The number of aliphatic hydroxyl groups is 1. The molecule has 26 heavy (non-hydrogen) atoms. The van der Waals surface area contributed by atoms with Crippen LogP contribution in [0.3, 0.4) is 0 Å². The highest BCUT2D eigenvalue weighted by molar-refractivity contribution is 5.50. The molecule has 0 amide bonds. The van der Waals surface area contributed by atoms with Crippen LogP contribution in [0.1, 0.15) is 38.8 Å². The highest BCUT2D eigenvalue weighted by atomic mass is 19.1. The lowest BCUT2D eigenvalue weighted by Gasteiger charge is -2.26. The van der Waals surface area contributed by atoms with Crippen molar-refractivity contribution in [1.29, 1.82) is 0 Å². The van der Waals surface area contributed by atoms with Crippen molar-refractivity contribution in [2.75, 3.05) is 0 Å². The molecule has 1 atom stereocenters. The van der Waals surface area contributed by atoms with Gasteiger partial charge >= 0.3 is 0 Å². The van der Waals surface area contributed by atoms with Gasteiger partial charge in [0.2, 0.25) is 0 Å². The van der Waals surface area contributed by atoms with Crippen LogP contribution in [-0.4, -0.2) is 17.3 Å². The van der Waals surface area contributed by atoms with Gasteiger partial charge in [0.05, 0.1) is 17.8 Å². The van der Waals surface area contributed by atoms with Gasteiger partial charge in [-0.1, -0.05) is 12.0 Å². The SMILES string of the molecule is C#CC(O)(c1cc(OC(C)C)cc(OC(C)C)c1)c1c(F)cccc1F. The topological polar surface area (TPSA) is 38.7 Å². The Balaban J connectivity index is 2.67. The maximum atomic E-state index is 14.3. The Bertz CT molecular complexity index is 776. The molecule has 0 radical (unpaired) electrons. The third-order valence-electron chi connectivity index (χ3n) is 3.57. The molecule has 1 unspecified atom stereocenters. The van der Waals surface area contributed by atoms with E-state index >= 15 is 0 Å². The molecular weight excluding hydrogens is 338 g/mol. The van der Waals surface area contributed by atoms with Crippen LogP contribution < -0.4 is 9.47 Å². The first-order valence-corrected chi connectivity index (χ1v) is 8.31. The maximum Gasteiger partial charge on any atom is 0.182 e. The summed E-state index contributed by atoms with van der Waals surface area (Å²) in [6.45, 7) is 7.33. The molecule has 138 valence electrons. The van der Waals surface area contributed by atoms with Crippen LogP contribution in [0.4, 0.5) is 8.78 Å². The second-order valence-electron chi connectivity index (χ2n) is 6.48. The van der Waals surface area contributed by atoms with Crippen LogP contribution in [0, 0.1) is 24.0 Å². The van der Waals surface area contributed by atoms with Crippen LogP contribution in [0.15, 0.2) is 36.4 Å². The summed E-state index contributed by atoms with van der Waals surface area (Å²) in [6, 6.07) is 7.84. The summed E-state index contributed by atoms with van der Waals surface area (Å²) < 4.78 is 39.9. The quantitative estimate of drug-likeness (QED) is 0.776. The number of hydrogen-bond acceptors (Lipinski definition) is 3. The fraction of sp³-hybridized carbons (Fsp3) is 0.333. The second-order valence-corrected chi connectivity index (χ2v) is 6.48. The monoisotopic (exact) mass is 360 g/mol. The highest BCUT2D eigenvalue weighted by Gasteiger charge is 2.36. The van der Waals surface area contributed by atoms with Crippen molar-refractivity contribution in [3.05, 3.63) is 59.2 Å². The second kappa shape index (κ2) is 7.76. The van der Waals surface area contributed by atoms with Crippen molar-refractivity contribution in [1.82, 2.24) is 0 Å². The van der Waals surface area contributed by atoms with Crippen LogP contribution in [0.5, 0.6) is 11.5 Å². The molecule has 3 nitrogen and oxygen atoms in total. The first-order chi connectivity index (χ1) is 12.2. The van der Waals surface area contributed by atoms with E-state index in [-0.39, 0.29) is 17.8 Å². The summed E-state index contributed by atoms with van der Waals surface area (Å²) in [5, 5.41) is 11.0. The van der Waals surface area contributed by atoms with E-state index in [1.165, 1.54) is 18.2 Å². The normalized spacial score (nSPS) is 13.4. The molecular formula is C21H22F2O3. The van der Waals surface area contributed by atoms with Crippen molar-refractivity contribution < 1.29 is 23.4 Å². The summed E-state index contributed by atoms with van der Waals surface area (Å²) in [7, 11) is 0. The van der Waals surface area contributed by atoms with Crippen molar-refractivity contribution in [3.63, 3.8) is 0 Å². The van der Waals surface area contributed by atoms with E-state index in [4.69, 9.17) is 15.9 Å². The summed E-state index contributed by atoms with van der Waals surface area (Å²) in [6.07, 6.45) is 5.19. The molecule has 0 heterocycles. The number of halogens is 2. The Morgan fingerprint density at radius 1 is 0.962 bits per heavy atom. The minimum absolute atomic E-state index is 0.0813. The van der Waals surface area contributed by atoms with E-state index in [1.807, 2.05) is 27.7 Å². The smallest absolute Gasteiger partial charge is 0.182 e. The Morgan fingerprint density at radius 3 is 1.81 bits per heavy atom. The molecule has 1 N–H and O–H groups in total. The van der Waals surface area contributed by atoms with E-state index in [1.54, 1.807) is 6.07 Å². The summed E-state index contributed by atoms with van der Waals surface area (Å²) >= 11 is 0. The van der Waals surface area contributed by atoms with Gasteiger partial charge < -0.3 is 14.6 Å². The van der Waals surface area contributed by atoms with E-state index in [2.05, 4.69) is 5.92 Å². The zero-order chi connectivity index (χ0) is 19.5. The van der Waals surface area contributed by atoms with Crippen molar-refractivity contribution in [2.45, 2.75) is 45.5 Å². The molecule has 0 aromatic heterocycles. The molecule has 2 rings (SSSR count). The van der Waals surface area contributed by atoms with Crippen LogP contribution in [0.25, 0.3) is 0 Å². The molecule has 0 aliphatic rings. The number of rotatable bonds is 6. The summed E-state index contributed by atoms with van der Waals surface area (Å²) in [5.74, 6) is 0.990. The van der Waals surface area contributed by atoms with Gasteiger partial charge in [0.25, 0.3) is 0 Å². The third-order valence-corrected chi connectivity index (χ3v) is 3.57. The van der Waals surface area contributed by atoms with E-state index < -0.39 is 22.8 Å². The number of ether oxygens (including phenoxy) is 2. The molecule has 2 aromatic carbocycles. The van der Waals surface area contributed by atoms with Crippen molar-refractivity contribution in [2.24, 2.45) is 0 Å². The van der Waals surface area contributed by atoms with Gasteiger partial charge in [-0.3, -0.25) is 0 Å². The van der Waals surface area contributed by atoms with Crippen molar-refractivity contribution >= 4 is 0 Å². The predicted octanol–water partition coefficient (Wildman–Crippen LogP) is 4.41. The molecule has 2 aromatic rings. The first-order valence-electron chi connectivity index (χ1n) is 8.31. The van der Waals surface area contributed by atoms with Gasteiger partial charge in [0, 0.05) is 11.6 Å². The molecule has 0 saturated carbocycles. The molecule has 0 saturated heterocycles. The maximum absolute atomic E-state index is 14.3. The van der Waals surface area contributed by atoms with Gasteiger partial charge in [-0.2, -0.15) is 0 Å². The Kier molecular flexibility index (Phi) is 5.89. The zero-order valence-electron chi connectivity index (χ0n) is 15.2. The van der Waals surface area contributed by atoms with Gasteiger partial charge in [-0.25, -0.2) is 8.78 Å². The molecule has 0 aliphatic carbocycles. The van der Waals surface area contributed by atoms with Crippen LogP contribution in [-0.2, 0) is 5.60 Å². The lowest BCUT2D eigenvalue weighted by atomic mass is 9.86. The first kappa shape index (κ1) is 19.7. The van der Waals surface area contributed by atoms with Crippen LogP contribution >= 0.6 is 0 Å². The average Bonchev–Trinajstić information content (AvgIpc) is 2.52. The molecule has 0 spiro atoms. The van der Waals surface area contributed by atoms with Crippen LogP contribution in [0.2, 0.25) is 0 Å². The molecule has 0 aliphatic heterocycles. The van der Waals surface area contributed by atoms with Gasteiger partial charge in [-0.05, 0) is 52.0 Å². The van der Waals surface area contributed by atoms with E-state index in [9.17, 15) is 13.9 Å². The predicted molar refractivity (Wildman–Crippen MR) is 96.2 cm³/mol. The largest absolute Gasteiger partial charge is 0.491 e. The van der Waals surface area contributed by atoms with E-state index in [0.717, 1.165) is 12.1 Å². The average molecular weight is 360 g/mol. The highest BCUT2D eigenvalue weighted by Crippen LogP contribution is 2.37. The summed E-state index contributed by atoms with van der Waals surface area (Å²) in [4.78, 5) is 0. The Hall–Kier alpha value is -2.58. The number of benzene rings is 2. The lowest BCUT2D eigenvalue weighted by Crippen LogP contribution is -2.28. The van der Waals surface area contributed by atoms with Gasteiger partial charge in [0.15, 0.2) is 5.60 Å². The lowest BCUT2D eigenvalue weighted by molar-refractivity contribution is 0.134. The van der Waals surface area contributed by atoms with Gasteiger partial charge in [0.1, 0.15) is 23.1 Å². The Labute approximate surface area is 152 Å². The fourth-order valence-corrected chi connectivity index (χ4v) is 2.60. The molecule has 0 bridgehead atoms. The van der Waals surface area contributed by atoms with E-state index in [0.29, 0.717) is 11.5 Å². The molecule has 0 fully saturated rings. The minimum atomic E-state index is -2.32. The Morgan fingerprint density at radius 2 is 1.42 bits per heavy atom. The number of hydrogen-bond donors (Lipinski definition) is 1.